The smallest absolute Gasteiger partial charge is 0.0547 e. The molecule has 51 heavy (non-hydrogen) atoms. The van der Waals surface area contributed by atoms with Gasteiger partial charge in [-0.05, 0) is 112 Å². The fraction of sp³-hybridized carbons (Fsp3) is 0.0204. The predicted octanol–water partition coefficient (Wildman–Crippen LogP) is 12.8. The Balaban J connectivity index is 1.17. The van der Waals surface area contributed by atoms with Crippen molar-refractivity contribution in [3.63, 3.8) is 0 Å². The highest BCUT2D eigenvalue weighted by Gasteiger charge is 2.25. The largest absolute Gasteiger partial charge is 0.309 e. The molecule has 2 heteroatoms. The fourth-order valence-electron chi connectivity index (χ4n) is 8.65. The molecule has 1 aliphatic carbocycles. The van der Waals surface area contributed by atoms with Crippen LogP contribution >= 0.6 is 0 Å². The lowest BCUT2D eigenvalue weighted by molar-refractivity contribution is 1.18. The first-order valence-electron chi connectivity index (χ1n) is 17.7. The number of nitrogens with zero attached hydrogens (tertiary/aromatic N) is 2. The summed E-state index contributed by atoms with van der Waals surface area (Å²) in [7, 11) is 0. The number of para-hydroxylation sites is 2. The Morgan fingerprint density at radius 1 is 0.333 bits per heavy atom. The summed E-state index contributed by atoms with van der Waals surface area (Å²) in [6.45, 7) is 0. The zero-order valence-corrected chi connectivity index (χ0v) is 27.9. The minimum absolute atomic E-state index is 0.972. The average molecular weight is 649 g/mol. The standard InChI is InChI=1S/C49H32N2/c1-3-12-32(13-4-1)33-15-11-18-39(29-33)51-46-26-23-35(31-43(46)49-47(51)27-24-37-28-36-14-7-8-19-40(36)48(37)49)34-22-25-45-42(30-34)41-20-9-10-21-44(41)50(45)38-16-5-2-6-17-38/h1-27,29-31H,28H2. The van der Waals surface area contributed by atoms with Gasteiger partial charge in [-0.1, -0.05) is 121 Å². The molecule has 0 fully saturated rings. The quantitative estimate of drug-likeness (QED) is 0.180. The third-order valence-electron chi connectivity index (χ3n) is 10.9. The van der Waals surface area contributed by atoms with Crippen LogP contribution in [0, 0.1) is 0 Å². The topological polar surface area (TPSA) is 9.86 Å². The summed E-state index contributed by atoms with van der Waals surface area (Å²) in [6, 6.07) is 66.8. The van der Waals surface area contributed by atoms with E-state index in [9.17, 15) is 0 Å². The maximum absolute atomic E-state index is 2.47. The van der Waals surface area contributed by atoms with Crippen LogP contribution in [0.2, 0.25) is 0 Å². The van der Waals surface area contributed by atoms with Gasteiger partial charge in [-0.2, -0.15) is 0 Å². The van der Waals surface area contributed by atoms with Gasteiger partial charge in [-0.25, -0.2) is 0 Å². The van der Waals surface area contributed by atoms with Crippen LogP contribution in [-0.4, -0.2) is 9.13 Å². The Hall–Kier alpha value is -6.64. The summed E-state index contributed by atoms with van der Waals surface area (Å²) in [4.78, 5) is 0. The second-order valence-electron chi connectivity index (χ2n) is 13.7. The molecule has 0 unspecified atom stereocenters. The number of hydrogen-bond acceptors (Lipinski definition) is 0. The zero-order chi connectivity index (χ0) is 33.5. The maximum atomic E-state index is 2.47. The summed E-state index contributed by atoms with van der Waals surface area (Å²) in [5.41, 5.74) is 17.7. The average Bonchev–Trinajstić information content (AvgIpc) is 3.85. The van der Waals surface area contributed by atoms with Crippen LogP contribution in [-0.2, 0) is 6.42 Å². The van der Waals surface area contributed by atoms with Crippen molar-refractivity contribution >= 4 is 43.6 Å². The van der Waals surface area contributed by atoms with E-state index in [0.717, 1.165) is 6.42 Å². The van der Waals surface area contributed by atoms with Crippen molar-refractivity contribution in [3.05, 3.63) is 193 Å². The van der Waals surface area contributed by atoms with Crippen LogP contribution in [0.25, 0.3) is 88.4 Å². The van der Waals surface area contributed by atoms with Crippen molar-refractivity contribution in [2.24, 2.45) is 0 Å². The van der Waals surface area contributed by atoms with Gasteiger partial charge in [0.25, 0.3) is 0 Å². The normalized spacial score (nSPS) is 12.2. The third-order valence-corrected chi connectivity index (χ3v) is 10.9. The van der Waals surface area contributed by atoms with Crippen LogP contribution in [0.3, 0.4) is 0 Å². The van der Waals surface area contributed by atoms with E-state index in [1.165, 1.54) is 99.5 Å². The lowest BCUT2D eigenvalue weighted by Gasteiger charge is -2.11. The van der Waals surface area contributed by atoms with Crippen molar-refractivity contribution < 1.29 is 0 Å². The molecule has 0 N–H and O–H groups in total. The Kier molecular flexibility index (Phi) is 6.05. The number of rotatable bonds is 4. The minimum atomic E-state index is 0.972. The molecule has 2 aromatic heterocycles. The van der Waals surface area contributed by atoms with Crippen molar-refractivity contribution in [2.45, 2.75) is 6.42 Å². The highest BCUT2D eigenvalue weighted by atomic mass is 15.0. The second-order valence-corrected chi connectivity index (χ2v) is 13.7. The molecule has 0 radical (unpaired) electrons. The summed E-state index contributed by atoms with van der Waals surface area (Å²) in [6.07, 6.45) is 0.972. The van der Waals surface area contributed by atoms with Crippen LogP contribution in [0.5, 0.6) is 0 Å². The second kappa shape index (κ2) is 10.9. The van der Waals surface area contributed by atoms with E-state index in [-0.39, 0.29) is 0 Å². The molecule has 0 aliphatic heterocycles. The Morgan fingerprint density at radius 3 is 1.76 bits per heavy atom. The van der Waals surface area contributed by atoms with E-state index in [1.807, 2.05) is 0 Å². The molecule has 10 aromatic rings. The van der Waals surface area contributed by atoms with Crippen molar-refractivity contribution in [3.8, 4) is 44.8 Å². The maximum Gasteiger partial charge on any atom is 0.0547 e. The van der Waals surface area contributed by atoms with Crippen molar-refractivity contribution in [1.82, 2.24) is 9.13 Å². The summed E-state index contributed by atoms with van der Waals surface area (Å²) in [5.74, 6) is 0. The Bertz CT molecular complexity index is 2980. The van der Waals surface area contributed by atoms with Gasteiger partial charge in [-0.3, -0.25) is 0 Å². The molecule has 1 aliphatic rings. The number of hydrogen-bond donors (Lipinski definition) is 0. The third kappa shape index (κ3) is 4.23. The number of fused-ring (bicyclic) bond motifs is 10. The fourth-order valence-corrected chi connectivity index (χ4v) is 8.65. The molecule has 0 spiro atoms. The zero-order valence-electron chi connectivity index (χ0n) is 27.9. The molecule has 0 amide bonds. The van der Waals surface area contributed by atoms with Gasteiger partial charge >= 0.3 is 0 Å². The highest BCUT2D eigenvalue weighted by molar-refractivity contribution is 6.18. The minimum Gasteiger partial charge on any atom is -0.309 e. The van der Waals surface area contributed by atoms with Crippen LogP contribution in [0.15, 0.2) is 182 Å². The van der Waals surface area contributed by atoms with E-state index in [2.05, 4.69) is 191 Å². The van der Waals surface area contributed by atoms with Gasteiger partial charge < -0.3 is 9.13 Å². The van der Waals surface area contributed by atoms with Gasteiger partial charge in [0, 0.05) is 32.9 Å². The molecule has 0 saturated carbocycles. The first kappa shape index (κ1) is 28.2. The van der Waals surface area contributed by atoms with Crippen LogP contribution in [0.4, 0.5) is 0 Å². The molecule has 11 rings (SSSR count). The van der Waals surface area contributed by atoms with Gasteiger partial charge in [0.15, 0.2) is 0 Å². The Morgan fingerprint density at radius 2 is 0.922 bits per heavy atom. The van der Waals surface area contributed by atoms with E-state index in [4.69, 9.17) is 0 Å². The summed E-state index contributed by atoms with van der Waals surface area (Å²) < 4.78 is 4.86. The molecule has 238 valence electrons. The van der Waals surface area contributed by atoms with Gasteiger partial charge in [-0.15, -0.1) is 0 Å². The molecule has 0 atom stereocenters. The number of aromatic nitrogens is 2. The van der Waals surface area contributed by atoms with Crippen LogP contribution < -0.4 is 0 Å². The molecule has 2 nitrogen and oxygen atoms in total. The van der Waals surface area contributed by atoms with E-state index in [1.54, 1.807) is 0 Å². The van der Waals surface area contributed by atoms with Crippen molar-refractivity contribution in [2.75, 3.05) is 0 Å². The summed E-state index contributed by atoms with van der Waals surface area (Å²) >= 11 is 0. The predicted molar refractivity (Wildman–Crippen MR) is 214 cm³/mol. The first-order chi connectivity index (χ1) is 25.3. The summed E-state index contributed by atoms with van der Waals surface area (Å²) in [5, 5.41) is 5.15. The van der Waals surface area contributed by atoms with Gasteiger partial charge in [0.2, 0.25) is 0 Å². The molecule has 8 aromatic carbocycles. The molecular weight excluding hydrogens is 617 g/mol. The van der Waals surface area contributed by atoms with Gasteiger partial charge in [0.1, 0.15) is 0 Å². The monoisotopic (exact) mass is 648 g/mol. The van der Waals surface area contributed by atoms with E-state index < -0.39 is 0 Å². The molecule has 0 bridgehead atoms. The van der Waals surface area contributed by atoms with Gasteiger partial charge in [0.05, 0.1) is 22.1 Å². The Labute approximate surface area is 296 Å². The van der Waals surface area contributed by atoms with E-state index >= 15 is 0 Å². The SMILES string of the molecule is c1ccc(-c2cccc(-n3c4ccc(-c5ccc6c(c5)c5ccccc5n6-c5ccccc5)cc4c4c5c(ccc43)Cc3ccccc3-5)c2)cc1. The molecular formula is C49H32N2. The van der Waals surface area contributed by atoms with Crippen molar-refractivity contribution in [1.29, 1.82) is 0 Å². The first-order valence-corrected chi connectivity index (χ1v) is 17.7. The van der Waals surface area contributed by atoms with Crippen LogP contribution in [0.1, 0.15) is 11.1 Å². The number of benzene rings is 8. The highest BCUT2D eigenvalue weighted by Crippen LogP contribution is 2.47. The lowest BCUT2D eigenvalue weighted by atomic mass is 9.96. The molecule has 0 saturated heterocycles. The van der Waals surface area contributed by atoms with E-state index in [0.29, 0.717) is 0 Å². The molecule has 2 heterocycles. The lowest BCUT2D eigenvalue weighted by Crippen LogP contribution is -1.95.